The molecule has 0 radical (unpaired) electrons. The van der Waals surface area contributed by atoms with Gasteiger partial charge in [0, 0.05) is 25.7 Å². The summed E-state index contributed by atoms with van der Waals surface area (Å²) in [5, 5.41) is 10.6. The Morgan fingerprint density at radius 2 is 0.520 bits per heavy atom. The second-order valence-corrected chi connectivity index (χ2v) is 32.3. The number of aliphatic hydroxyl groups is 1. The predicted molar refractivity (Wildman–Crippen MR) is 400 cm³/mol. The van der Waals surface area contributed by atoms with Crippen LogP contribution >= 0.6 is 15.6 Å². The highest BCUT2D eigenvalue weighted by Crippen LogP contribution is 2.45. The van der Waals surface area contributed by atoms with E-state index in [4.69, 9.17) is 37.0 Å². The van der Waals surface area contributed by atoms with Crippen molar-refractivity contribution in [3.8, 4) is 0 Å². The molecule has 0 heterocycles. The van der Waals surface area contributed by atoms with Gasteiger partial charge in [-0.2, -0.15) is 0 Å². The number of phosphoric acid groups is 2. The van der Waals surface area contributed by atoms with Crippen molar-refractivity contribution in [3.05, 3.63) is 0 Å². The molecule has 0 spiro atoms. The Kier molecular flexibility index (Phi) is 68.1. The van der Waals surface area contributed by atoms with Crippen LogP contribution in [-0.2, 0) is 65.4 Å². The molecule has 19 heteroatoms. The zero-order valence-electron chi connectivity index (χ0n) is 64.3. The van der Waals surface area contributed by atoms with Crippen molar-refractivity contribution in [3.63, 3.8) is 0 Å². The number of hydrogen-bond acceptors (Lipinski definition) is 15. The number of esters is 4. The number of unbranched alkanes of at least 4 members (excludes halogenated alkanes) is 43. The average Bonchev–Trinajstić information content (AvgIpc) is 0.948. The number of ether oxygens (including phenoxy) is 4. The molecule has 17 nitrogen and oxygen atoms in total. The minimum absolute atomic E-state index is 0.103. The maximum atomic E-state index is 13.1. The number of hydrogen-bond donors (Lipinski definition) is 3. The SMILES string of the molecule is CCCCCCCCCC(=O)OC[C@H](COP(=O)(O)OC[C@H](O)COP(=O)(O)OC[C@@H](COC(=O)CCCCCCCCCCCCCCCCCCC(C)C)OC(=O)CCCCCCCCCCCCCCCCCCCCC(C)CC)OC(=O)CCCCCCCCC(C)CC. The van der Waals surface area contributed by atoms with Crippen molar-refractivity contribution in [2.24, 2.45) is 17.8 Å². The van der Waals surface area contributed by atoms with Crippen LogP contribution in [0.3, 0.4) is 0 Å². The van der Waals surface area contributed by atoms with Crippen molar-refractivity contribution < 1.29 is 80.2 Å². The van der Waals surface area contributed by atoms with Crippen LogP contribution in [0.5, 0.6) is 0 Å². The summed E-state index contributed by atoms with van der Waals surface area (Å²) in [6.07, 6.45) is 57.2. The Morgan fingerprint density at radius 3 is 0.776 bits per heavy atom. The molecule has 7 atom stereocenters. The summed E-state index contributed by atoms with van der Waals surface area (Å²) in [5.74, 6) is 0.281. The van der Waals surface area contributed by atoms with Crippen LogP contribution in [0.2, 0.25) is 0 Å². The van der Waals surface area contributed by atoms with E-state index in [1.807, 2.05) is 0 Å². The average molecular weight is 1440 g/mol. The number of rotatable bonds is 77. The van der Waals surface area contributed by atoms with Gasteiger partial charge in [0.15, 0.2) is 12.2 Å². The topological polar surface area (TPSA) is 237 Å². The Labute approximate surface area is 600 Å². The first kappa shape index (κ1) is 96.1. The van der Waals surface area contributed by atoms with Gasteiger partial charge in [0.2, 0.25) is 0 Å². The van der Waals surface area contributed by atoms with Crippen molar-refractivity contribution >= 4 is 39.5 Å². The molecule has 0 aromatic rings. The molecular weight excluding hydrogens is 1280 g/mol. The Bertz CT molecular complexity index is 1910. The third kappa shape index (κ3) is 69.8. The van der Waals surface area contributed by atoms with Crippen molar-refractivity contribution in [1.82, 2.24) is 0 Å². The van der Waals surface area contributed by atoms with E-state index in [9.17, 15) is 43.2 Å². The molecule has 0 amide bonds. The van der Waals surface area contributed by atoms with Crippen molar-refractivity contribution in [2.45, 2.75) is 426 Å². The molecule has 3 N–H and O–H groups in total. The number of carbonyl (C=O) groups is 4. The fourth-order valence-electron chi connectivity index (χ4n) is 12.1. The van der Waals surface area contributed by atoms with Gasteiger partial charge < -0.3 is 33.8 Å². The van der Waals surface area contributed by atoms with Gasteiger partial charge in [0.25, 0.3) is 0 Å². The molecule has 0 saturated carbocycles. The summed E-state index contributed by atoms with van der Waals surface area (Å²) in [7, 11) is -9.91. The van der Waals surface area contributed by atoms with Gasteiger partial charge in [-0.05, 0) is 43.4 Å². The maximum Gasteiger partial charge on any atom is 0.472 e. The molecule has 582 valence electrons. The minimum atomic E-state index is -4.96. The fourth-order valence-corrected chi connectivity index (χ4v) is 13.6. The molecule has 0 aliphatic heterocycles. The van der Waals surface area contributed by atoms with Gasteiger partial charge in [0.1, 0.15) is 19.3 Å². The van der Waals surface area contributed by atoms with Crippen LogP contribution in [0.1, 0.15) is 408 Å². The molecule has 0 bridgehead atoms. The van der Waals surface area contributed by atoms with E-state index in [2.05, 4.69) is 48.5 Å². The van der Waals surface area contributed by atoms with Crippen molar-refractivity contribution in [2.75, 3.05) is 39.6 Å². The zero-order valence-corrected chi connectivity index (χ0v) is 66.0. The second-order valence-electron chi connectivity index (χ2n) is 29.4. The molecule has 0 saturated heterocycles. The Morgan fingerprint density at radius 1 is 0.296 bits per heavy atom. The number of phosphoric ester groups is 2. The van der Waals surface area contributed by atoms with Crippen LogP contribution in [0.15, 0.2) is 0 Å². The van der Waals surface area contributed by atoms with E-state index in [1.54, 1.807) is 0 Å². The van der Waals surface area contributed by atoms with Crippen LogP contribution in [0.25, 0.3) is 0 Å². The summed E-state index contributed by atoms with van der Waals surface area (Å²) in [6.45, 7) is 11.9. The Hall–Kier alpha value is -1.94. The van der Waals surface area contributed by atoms with Crippen LogP contribution in [0, 0.1) is 17.8 Å². The quantitative estimate of drug-likeness (QED) is 0.0222. The van der Waals surface area contributed by atoms with E-state index in [-0.39, 0.29) is 25.7 Å². The van der Waals surface area contributed by atoms with Crippen LogP contribution < -0.4 is 0 Å². The fraction of sp³-hybridized carbons (Fsp3) is 0.949. The van der Waals surface area contributed by atoms with E-state index in [0.717, 1.165) is 120 Å². The monoisotopic (exact) mass is 1440 g/mol. The summed E-state index contributed by atoms with van der Waals surface area (Å²) in [4.78, 5) is 72.7. The molecule has 98 heavy (non-hydrogen) atoms. The standard InChI is InChI=1S/C79H154O17P2/c1-8-11-12-13-36-46-53-60-76(81)89-66-75(96-79(84)63-56-49-42-41-45-52-59-72(7)10-3)69-94-98(87,88)92-65-73(80)64-91-97(85,86)93-68-74(67-90-77(82)61-54-47-39-34-30-26-22-19-18-20-24-28-32-37-43-50-57-70(4)5)95-78(83)62-55-48-40-35-31-27-23-17-15-14-16-21-25-29-33-38-44-51-58-71(6)9-2/h70-75,80H,8-69H2,1-7H3,(H,85,86)(H,87,88)/t71?,72?,73-,74-,75-/m1/s1. The van der Waals surface area contributed by atoms with Gasteiger partial charge in [-0.1, -0.05) is 357 Å². The normalized spacial score (nSPS) is 14.6. The second kappa shape index (κ2) is 69.4. The minimum Gasteiger partial charge on any atom is -0.462 e. The maximum absolute atomic E-state index is 13.1. The van der Waals surface area contributed by atoms with Crippen LogP contribution in [0.4, 0.5) is 0 Å². The molecule has 0 aliphatic rings. The summed E-state index contributed by atoms with van der Waals surface area (Å²) in [6, 6.07) is 0. The lowest BCUT2D eigenvalue weighted by Crippen LogP contribution is -2.30. The van der Waals surface area contributed by atoms with E-state index in [1.165, 1.54) is 205 Å². The molecular formula is C79H154O17P2. The lowest BCUT2D eigenvalue weighted by molar-refractivity contribution is -0.161. The van der Waals surface area contributed by atoms with E-state index in [0.29, 0.717) is 25.7 Å². The highest BCUT2D eigenvalue weighted by atomic mass is 31.2. The molecule has 0 rings (SSSR count). The third-order valence-corrected chi connectivity index (χ3v) is 21.0. The molecule has 0 aromatic heterocycles. The highest BCUT2D eigenvalue weighted by molar-refractivity contribution is 7.47. The molecule has 4 unspecified atom stereocenters. The number of aliphatic hydroxyl groups excluding tert-OH is 1. The molecule has 0 aliphatic carbocycles. The number of carbonyl (C=O) groups excluding carboxylic acids is 4. The van der Waals surface area contributed by atoms with E-state index < -0.39 is 97.5 Å². The Balaban J connectivity index is 5.15. The smallest absolute Gasteiger partial charge is 0.462 e. The lowest BCUT2D eigenvalue weighted by atomic mass is 9.99. The molecule has 0 aromatic carbocycles. The summed E-state index contributed by atoms with van der Waals surface area (Å²) >= 11 is 0. The lowest BCUT2D eigenvalue weighted by Gasteiger charge is -2.21. The third-order valence-electron chi connectivity index (χ3n) is 19.1. The molecule has 0 fully saturated rings. The van der Waals surface area contributed by atoms with Gasteiger partial charge in [-0.25, -0.2) is 9.13 Å². The van der Waals surface area contributed by atoms with E-state index >= 15 is 0 Å². The van der Waals surface area contributed by atoms with Crippen molar-refractivity contribution in [1.29, 1.82) is 0 Å². The first-order valence-electron chi connectivity index (χ1n) is 40.9. The zero-order chi connectivity index (χ0) is 72.3. The van der Waals surface area contributed by atoms with Gasteiger partial charge in [0.05, 0.1) is 26.4 Å². The summed E-state index contributed by atoms with van der Waals surface area (Å²) < 4.78 is 68.4. The van der Waals surface area contributed by atoms with Gasteiger partial charge in [-0.3, -0.25) is 37.3 Å². The predicted octanol–water partition coefficient (Wildman–Crippen LogP) is 23.4. The van der Waals surface area contributed by atoms with Gasteiger partial charge in [-0.15, -0.1) is 0 Å². The van der Waals surface area contributed by atoms with Gasteiger partial charge >= 0.3 is 39.5 Å². The first-order valence-corrected chi connectivity index (χ1v) is 43.9. The highest BCUT2D eigenvalue weighted by Gasteiger charge is 2.30. The first-order chi connectivity index (χ1) is 47.3. The largest absolute Gasteiger partial charge is 0.472 e. The summed E-state index contributed by atoms with van der Waals surface area (Å²) in [5.41, 5.74) is 0. The van der Waals surface area contributed by atoms with Crippen LogP contribution in [-0.4, -0.2) is 96.7 Å².